The third kappa shape index (κ3) is 15.5. The van der Waals surface area contributed by atoms with E-state index in [9.17, 15) is 9.59 Å². The normalized spacial score (nSPS) is 12.1. The quantitative estimate of drug-likeness (QED) is 0.724. The predicted molar refractivity (Wildman–Crippen MR) is 54.5 cm³/mol. The van der Waals surface area contributed by atoms with Gasteiger partial charge in [0.25, 0.3) is 0 Å². The number of carbonyl (C=O) groups is 2. The molecule has 0 saturated heterocycles. The lowest BCUT2D eigenvalue weighted by Gasteiger charge is -2.16. The van der Waals surface area contributed by atoms with Crippen molar-refractivity contribution in [1.82, 2.24) is 0 Å². The Kier molecular flexibility index (Phi) is 7.59. The topological polar surface area (TPSA) is 98.9 Å². The highest BCUT2D eigenvalue weighted by atomic mass is 16.6. The van der Waals surface area contributed by atoms with Gasteiger partial charge in [-0.05, 0) is 27.7 Å². The SMILES string of the molecule is CC(C)(C)OC(N)=O.COC(C)C(=O)O. The van der Waals surface area contributed by atoms with Crippen molar-refractivity contribution in [1.29, 1.82) is 0 Å². The van der Waals surface area contributed by atoms with Crippen LogP contribution in [0.2, 0.25) is 0 Å². The van der Waals surface area contributed by atoms with E-state index >= 15 is 0 Å². The average Bonchev–Trinajstić information content (AvgIpc) is 1.99. The van der Waals surface area contributed by atoms with Crippen LogP contribution in [0.15, 0.2) is 0 Å². The van der Waals surface area contributed by atoms with Gasteiger partial charge in [0.05, 0.1) is 0 Å². The van der Waals surface area contributed by atoms with Gasteiger partial charge in [-0.15, -0.1) is 0 Å². The largest absolute Gasteiger partial charge is 0.479 e. The highest BCUT2D eigenvalue weighted by Crippen LogP contribution is 2.04. The van der Waals surface area contributed by atoms with Gasteiger partial charge in [0.2, 0.25) is 0 Å². The third-order valence-corrected chi connectivity index (χ3v) is 1.11. The van der Waals surface area contributed by atoms with Crippen molar-refractivity contribution in [2.24, 2.45) is 5.73 Å². The van der Waals surface area contributed by atoms with Crippen molar-refractivity contribution < 1.29 is 24.2 Å². The molecule has 0 bridgehead atoms. The van der Waals surface area contributed by atoms with E-state index in [1.54, 1.807) is 20.8 Å². The molecule has 0 saturated carbocycles. The van der Waals surface area contributed by atoms with Crippen molar-refractivity contribution in [2.75, 3.05) is 7.11 Å². The van der Waals surface area contributed by atoms with Gasteiger partial charge in [0.15, 0.2) is 6.10 Å². The van der Waals surface area contributed by atoms with Crippen LogP contribution in [0.4, 0.5) is 4.79 Å². The Morgan fingerprint density at radius 3 is 1.73 bits per heavy atom. The average molecular weight is 221 g/mol. The number of carbonyl (C=O) groups excluding carboxylic acids is 1. The van der Waals surface area contributed by atoms with Gasteiger partial charge >= 0.3 is 12.1 Å². The van der Waals surface area contributed by atoms with Gasteiger partial charge in [0.1, 0.15) is 5.60 Å². The number of nitrogens with two attached hydrogens (primary N) is 1. The summed E-state index contributed by atoms with van der Waals surface area (Å²) < 4.78 is 8.99. The van der Waals surface area contributed by atoms with Crippen molar-refractivity contribution in [3.63, 3.8) is 0 Å². The summed E-state index contributed by atoms with van der Waals surface area (Å²) in [4.78, 5) is 19.8. The van der Waals surface area contributed by atoms with E-state index in [0.717, 1.165) is 0 Å². The molecule has 0 heterocycles. The second kappa shape index (κ2) is 7.05. The molecule has 0 rings (SSSR count). The Hall–Kier alpha value is -1.30. The molecule has 0 aliphatic heterocycles. The first-order valence-electron chi connectivity index (χ1n) is 4.34. The Labute approximate surface area is 89.3 Å². The molecule has 0 aromatic rings. The highest BCUT2D eigenvalue weighted by Gasteiger charge is 2.12. The van der Waals surface area contributed by atoms with Gasteiger partial charge in [0, 0.05) is 7.11 Å². The maximum Gasteiger partial charge on any atom is 0.405 e. The van der Waals surface area contributed by atoms with Crippen LogP contribution in [0.5, 0.6) is 0 Å². The second-order valence-corrected chi connectivity index (χ2v) is 3.75. The smallest absolute Gasteiger partial charge is 0.405 e. The molecule has 0 radical (unpaired) electrons. The molecule has 6 heteroatoms. The zero-order chi connectivity index (χ0) is 12.6. The van der Waals surface area contributed by atoms with E-state index in [0.29, 0.717) is 0 Å². The fourth-order valence-corrected chi connectivity index (χ4v) is 0.403. The number of ether oxygens (including phenoxy) is 2. The molecular weight excluding hydrogens is 202 g/mol. The molecule has 90 valence electrons. The van der Waals surface area contributed by atoms with Crippen LogP contribution in [-0.2, 0) is 14.3 Å². The first-order chi connectivity index (χ1) is 6.60. The molecule has 0 aromatic heterocycles. The van der Waals surface area contributed by atoms with Crippen molar-refractivity contribution in [3.8, 4) is 0 Å². The number of rotatable bonds is 2. The van der Waals surface area contributed by atoms with Gasteiger partial charge in [-0.3, -0.25) is 0 Å². The van der Waals surface area contributed by atoms with Crippen LogP contribution >= 0.6 is 0 Å². The molecule has 1 atom stereocenters. The van der Waals surface area contributed by atoms with Gasteiger partial charge in [-0.25, -0.2) is 9.59 Å². The molecule has 6 nitrogen and oxygen atoms in total. The maximum absolute atomic E-state index is 10.0. The summed E-state index contributed by atoms with van der Waals surface area (Å²) in [6, 6.07) is 0. The lowest BCUT2D eigenvalue weighted by atomic mass is 10.2. The standard InChI is InChI=1S/C5H11NO2.C4H8O3/c1-5(2,3)8-4(6)7;1-3(7-2)4(5)6/h1-3H3,(H2,6,7);3H,1-2H3,(H,5,6). The van der Waals surface area contributed by atoms with E-state index in [2.05, 4.69) is 9.47 Å². The Balaban J connectivity index is 0. The van der Waals surface area contributed by atoms with Gasteiger partial charge < -0.3 is 20.3 Å². The zero-order valence-electron chi connectivity index (χ0n) is 9.73. The first kappa shape index (κ1) is 16.1. The number of aliphatic carboxylic acids is 1. The Morgan fingerprint density at radius 1 is 1.33 bits per heavy atom. The first-order valence-corrected chi connectivity index (χ1v) is 4.34. The highest BCUT2D eigenvalue weighted by molar-refractivity contribution is 5.71. The number of carboxylic acid groups (broad SMARTS) is 1. The minimum Gasteiger partial charge on any atom is -0.479 e. The Bertz CT molecular complexity index is 209. The molecular formula is C9H19NO5. The van der Waals surface area contributed by atoms with Crippen LogP contribution in [0.3, 0.4) is 0 Å². The molecule has 0 aliphatic rings. The zero-order valence-corrected chi connectivity index (χ0v) is 9.73. The summed E-state index contributed by atoms with van der Waals surface area (Å²) in [6.07, 6.45) is -1.41. The minimum atomic E-state index is -0.928. The molecule has 15 heavy (non-hydrogen) atoms. The van der Waals surface area contributed by atoms with E-state index in [-0.39, 0.29) is 0 Å². The number of amides is 1. The summed E-state index contributed by atoms with van der Waals surface area (Å²) in [6.45, 7) is 6.76. The van der Waals surface area contributed by atoms with E-state index in [1.165, 1.54) is 14.0 Å². The number of methoxy groups -OCH3 is 1. The van der Waals surface area contributed by atoms with Crippen LogP contribution in [0.1, 0.15) is 27.7 Å². The van der Waals surface area contributed by atoms with Crippen molar-refractivity contribution in [2.45, 2.75) is 39.4 Å². The molecule has 0 aromatic carbocycles. The number of hydrogen-bond acceptors (Lipinski definition) is 4. The summed E-state index contributed by atoms with van der Waals surface area (Å²) >= 11 is 0. The maximum atomic E-state index is 10.0. The lowest BCUT2D eigenvalue weighted by molar-refractivity contribution is -0.147. The second-order valence-electron chi connectivity index (χ2n) is 3.75. The number of carboxylic acids is 1. The van der Waals surface area contributed by atoms with E-state index in [1.807, 2.05) is 0 Å². The number of hydrogen-bond donors (Lipinski definition) is 2. The third-order valence-electron chi connectivity index (χ3n) is 1.11. The fourth-order valence-electron chi connectivity index (χ4n) is 0.403. The van der Waals surface area contributed by atoms with Gasteiger partial charge in [-0.1, -0.05) is 0 Å². The minimum absolute atomic E-state index is 0.453. The number of primary amides is 1. The van der Waals surface area contributed by atoms with Crippen LogP contribution in [0, 0.1) is 0 Å². The van der Waals surface area contributed by atoms with Crippen LogP contribution in [0.25, 0.3) is 0 Å². The van der Waals surface area contributed by atoms with Crippen molar-refractivity contribution >= 4 is 12.1 Å². The molecule has 0 aliphatic carbocycles. The summed E-state index contributed by atoms with van der Waals surface area (Å²) in [5, 5.41) is 8.06. The summed E-state index contributed by atoms with van der Waals surface area (Å²) in [5.74, 6) is -0.928. The van der Waals surface area contributed by atoms with Gasteiger partial charge in [-0.2, -0.15) is 0 Å². The molecule has 1 amide bonds. The fraction of sp³-hybridized carbons (Fsp3) is 0.778. The van der Waals surface area contributed by atoms with Crippen LogP contribution in [-0.4, -0.2) is 36.0 Å². The van der Waals surface area contributed by atoms with Crippen molar-refractivity contribution in [3.05, 3.63) is 0 Å². The van der Waals surface area contributed by atoms with Crippen LogP contribution < -0.4 is 5.73 Å². The Morgan fingerprint density at radius 2 is 1.73 bits per heavy atom. The van der Waals surface area contributed by atoms with E-state index < -0.39 is 23.8 Å². The summed E-state index contributed by atoms with van der Waals surface area (Å²) in [7, 11) is 1.36. The molecule has 0 fully saturated rings. The summed E-state index contributed by atoms with van der Waals surface area (Å²) in [5.41, 5.74) is 4.26. The predicted octanol–water partition coefficient (Wildman–Crippen LogP) is 0.986. The molecule has 3 N–H and O–H groups in total. The van der Waals surface area contributed by atoms with E-state index in [4.69, 9.17) is 10.8 Å². The monoisotopic (exact) mass is 221 g/mol. The lowest BCUT2D eigenvalue weighted by Crippen LogP contribution is -2.27. The molecule has 0 spiro atoms. The molecule has 1 unspecified atom stereocenters.